The first-order valence-electron chi connectivity index (χ1n) is 7.74. The molecular weight excluding hydrogens is 250 g/mol. The fourth-order valence-electron chi connectivity index (χ4n) is 3.73. The Morgan fingerprint density at radius 1 is 1.30 bits per heavy atom. The van der Waals surface area contributed by atoms with E-state index in [4.69, 9.17) is 0 Å². The third kappa shape index (κ3) is 2.51. The molecule has 0 radical (unpaired) electrons. The quantitative estimate of drug-likeness (QED) is 0.901. The van der Waals surface area contributed by atoms with E-state index in [9.17, 15) is 4.79 Å². The first-order valence-corrected chi connectivity index (χ1v) is 7.74. The number of aromatic nitrogens is 1. The normalized spacial score (nSPS) is 25.9. The van der Waals surface area contributed by atoms with Crippen molar-refractivity contribution in [2.45, 2.75) is 44.6 Å². The predicted molar refractivity (Wildman–Crippen MR) is 79.8 cm³/mol. The lowest BCUT2D eigenvalue weighted by molar-refractivity contribution is 0.0385. The number of fused-ring (bicyclic) bond motifs is 1. The number of nitrogens with one attached hydrogen (secondary N) is 1. The van der Waals surface area contributed by atoms with E-state index in [1.807, 2.05) is 19.2 Å². The Labute approximate surface area is 120 Å². The van der Waals surface area contributed by atoms with E-state index in [0.29, 0.717) is 17.7 Å². The Morgan fingerprint density at radius 3 is 2.95 bits per heavy atom. The highest BCUT2D eigenvalue weighted by Gasteiger charge is 2.36. The number of hydrogen-bond acceptors (Lipinski definition) is 3. The van der Waals surface area contributed by atoms with Crippen molar-refractivity contribution in [1.29, 1.82) is 0 Å². The zero-order valence-electron chi connectivity index (χ0n) is 12.1. The number of anilines is 1. The van der Waals surface area contributed by atoms with Gasteiger partial charge in [-0.2, -0.15) is 0 Å². The number of pyridine rings is 1. The van der Waals surface area contributed by atoms with Crippen molar-refractivity contribution in [1.82, 2.24) is 9.88 Å². The fraction of sp³-hybridized carbons (Fsp3) is 0.625. The molecule has 4 heteroatoms. The van der Waals surface area contributed by atoms with Gasteiger partial charge in [0.15, 0.2) is 0 Å². The summed E-state index contributed by atoms with van der Waals surface area (Å²) in [4.78, 5) is 19.1. The molecular formula is C16H23N3O. The molecule has 1 N–H and O–H groups in total. The largest absolute Gasteiger partial charge is 0.388 e. The van der Waals surface area contributed by atoms with Crippen LogP contribution in [0.1, 0.15) is 49.0 Å². The van der Waals surface area contributed by atoms with Crippen LogP contribution in [-0.4, -0.2) is 35.4 Å². The maximum absolute atomic E-state index is 12.8. The van der Waals surface area contributed by atoms with Crippen LogP contribution in [0.15, 0.2) is 18.3 Å². The van der Waals surface area contributed by atoms with Crippen molar-refractivity contribution in [3.05, 3.63) is 24.0 Å². The molecule has 1 amide bonds. The summed E-state index contributed by atoms with van der Waals surface area (Å²) in [7, 11) is 1.86. The van der Waals surface area contributed by atoms with E-state index in [0.717, 1.165) is 18.7 Å². The maximum atomic E-state index is 12.8. The highest BCUT2D eigenvalue weighted by atomic mass is 16.2. The minimum absolute atomic E-state index is 0.110. The first kappa shape index (κ1) is 13.4. The van der Waals surface area contributed by atoms with Gasteiger partial charge in [0.1, 0.15) is 5.69 Å². The van der Waals surface area contributed by atoms with E-state index in [1.54, 1.807) is 6.20 Å². The van der Waals surface area contributed by atoms with Crippen molar-refractivity contribution in [2.75, 3.05) is 18.9 Å². The van der Waals surface area contributed by atoms with E-state index in [1.165, 1.54) is 32.1 Å². The lowest BCUT2D eigenvalue weighted by atomic mass is 9.78. The smallest absolute Gasteiger partial charge is 0.272 e. The van der Waals surface area contributed by atoms with Gasteiger partial charge in [0, 0.05) is 31.5 Å². The minimum atomic E-state index is 0.110. The molecule has 0 aromatic carbocycles. The third-order valence-electron chi connectivity index (χ3n) is 4.77. The highest BCUT2D eigenvalue weighted by Crippen LogP contribution is 2.35. The number of carbonyl (C=O) groups is 1. The van der Waals surface area contributed by atoms with Gasteiger partial charge in [-0.25, -0.2) is 0 Å². The number of piperidine rings is 1. The molecule has 1 aromatic rings. The molecule has 0 spiro atoms. The van der Waals surface area contributed by atoms with Crippen LogP contribution in [0.3, 0.4) is 0 Å². The summed E-state index contributed by atoms with van der Waals surface area (Å²) >= 11 is 0. The molecule has 1 aromatic heterocycles. The SMILES string of the molecule is CNc1ccnc(C(=O)N2CCC[C@H]3CCCC[C@H]32)c1. The van der Waals surface area contributed by atoms with Gasteiger partial charge in [-0.3, -0.25) is 9.78 Å². The lowest BCUT2D eigenvalue weighted by Crippen LogP contribution is -2.49. The highest BCUT2D eigenvalue weighted by molar-refractivity contribution is 5.93. The van der Waals surface area contributed by atoms with Crippen molar-refractivity contribution >= 4 is 11.6 Å². The summed E-state index contributed by atoms with van der Waals surface area (Å²) in [6.07, 6.45) is 9.19. The molecule has 2 heterocycles. The molecule has 3 rings (SSSR count). The van der Waals surface area contributed by atoms with Crippen LogP contribution in [-0.2, 0) is 0 Å². The zero-order valence-corrected chi connectivity index (χ0v) is 12.1. The van der Waals surface area contributed by atoms with Gasteiger partial charge >= 0.3 is 0 Å². The molecule has 2 fully saturated rings. The zero-order chi connectivity index (χ0) is 13.9. The average Bonchev–Trinajstić information content (AvgIpc) is 2.53. The van der Waals surface area contributed by atoms with Gasteiger partial charge in [-0.15, -0.1) is 0 Å². The van der Waals surface area contributed by atoms with Crippen molar-refractivity contribution in [3.63, 3.8) is 0 Å². The van der Waals surface area contributed by atoms with Crippen LogP contribution in [0.4, 0.5) is 5.69 Å². The monoisotopic (exact) mass is 273 g/mol. The van der Waals surface area contributed by atoms with Gasteiger partial charge in [0.2, 0.25) is 0 Å². The van der Waals surface area contributed by atoms with Gasteiger partial charge < -0.3 is 10.2 Å². The van der Waals surface area contributed by atoms with Crippen molar-refractivity contribution in [2.24, 2.45) is 5.92 Å². The van der Waals surface area contributed by atoms with Crippen molar-refractivity contribution < 1.29 is 4.79 Å². The minimum Gasteiger partial charge on any atom is -0.388 e. The molecule has 1 aliphatic heterocycles. The predicted octanol–water partition coefficient (Wildman–Crippen LogP) is 2.92. The summed E-state index contributed by atoms with van der Waals surface area (Å²) < 4.78 is 0. The molecule has 2 atom stereocenters. The van der Waals surface area contributed by atoms with E-state index in [2.05, 4.69) is 15.2 Å². The molecule has 4 nitrogen and oxygen atoms in total. The summed E-state index contributed by atoms with van der Waals surface area (Å²) in [6, 6.07) is 4.19. The van der Waals surface area contributed by atoms with Crippen molar-refractivity contribution in [3.8, 4) is 0 Å². The Bertz CT molecular complexity index is 486. The number of likely N-dealkylation sites (tertiary alicyclic amines) is 1. The standard InChI is InChI=1S/C16H23N3O/c1-17-13-8-9-18-14(11-13)16(20)19-10-4-6-12-5-2-3-7-15(12)19/h8-9,11-12,15H,2-7,10H2,1H3,(H,17,18)/t12-,15-/m1/s1. The number of carbonyl (C=O) groups excluding carboxylic acids is 1. The van der Waals surface area contributed by atoms with Crippen LogP contribution in [0, 0.1) is 5.92 Å². The molecule has 0 unspecified atom stereocenters. The van der Waals surface area contributed by atoms with Crippen LogP contribution < -0.4 is 5.32 Å². The number of hydrogen-bond donors (Lipinski definition) is 1. The Hall–Kier alpha value is -1.58. The fourth-order valence-corrected chi connectivity index (χ4v) is 3.73. The number of amides is 1. The van der Waals surface area contributed by atoms with E-state index >= 15 is 0 Å². The average molecular weight is 273 g/mol. The molecule has 1 aliphatic carbocycles. The molecule has 2 aliphatic rings. The second-order valence-corrected chi connectivity index (χ2v) is 5.93. The Kier molecular flexibility index (Phi) is 3.90. The van der Waals surface area contributed by atoms with Crippen LogP contribution in [0.2, 0.25) is 0 Å². The maximum Gasteiger partial charge on any atom is 0.272 e. The van der Waals surface area contributed by atoms with Crippen LogP contribution in [0.25, 0.3) is 0 Å². The topological polar surface area (TPSA) is 45.2 Å². The van der Waals surface area contributed by atoms with E-state index < -0.39 is 0 Å². The summed E-state index contributed by atoms with van der Waals surface area (Å²) in [5.74, 6) is 0.827. The van der Waals surface area contributed by atoms with Gasteiger partial charge in [-0.05, 0) is 43.7 Å². The second-order valence-electron chi connectivity index (χ2n) is 5.93. The van der Waals surface area contributed by atoms with Gasteiger partial charge in [-0.1, -0.05) is 12.8 Å². The lowest BCUT2D eigenvalue weighted by Gasteiger charge is -2.44. The third-order valence-corrected chi connectivity index (χ3v) is 4.77. The molecule has 0 bridgehead atoms. The summed E-state index contributed by atoms with van der Waals surface area (Å²) in [5, 5.41) is 3.07. The molecule has 20 heavy (non-hydrogen) atoms. The number of rotatable bonds is 2. The van der Waals surface area contributed by atoms with Gasteiger partial charge in [0.05, 0.1) is 0 Å². The Morgan fingerprint density at radius 2 is 2.10 bits per heavy atom. The van der Waals surface area contributed by atoms with E-state index in [-0.39, 0.29) is 5.91 Å². The summed E-state index contributed by atoms with van der Waals surface area (Å²) in [6.45, 7) is 0.894. The molecule has 108 valence electrons. The van der Waals surface area contributed by atoms with Crippen LogP contribution in [0.5, 0.6) is 0 Å². The van der Waals surface area contributed by atoms with Crippen LogP contribution >= 0.6 is 0 Å². The molecule has 1 saturated carbocycles. The number of nitrogens with zero attached hydrogens (tertiary/aromatic N) is 2. The van der Waals surface area contributed by atoms with Gasteiger partial charge in [0.25, 0.3) is 5.91 Å². The Balaban J connectivity index is 1.81. The molecule has 1 saturated heterocycles. The first-order chi connectivity index (χ1) is 9.79. The summed E-state index contributed by atoms with van der Waals surface area (Å²) in [5.41, 5.74) is 1.52. The second kappa shape index (κ2) is 5.81.